The normalized spacial score (nSPS) is 13.7. The molecule has 1 rings (SSSR count). The number of rotatable bonds is 7. The van der Waals surface area contributed by atoms with Crippen LogP contribution in [0.4, 0.5) is 0 Å². The summed E-state index contributed by atoms with van der Waals surface area (Å²) >= 11 is 0. The van der Waals surface area contributed by atoms with Crippen molar-refractivity contribution in [3.05, 3.63) is 29.8 Å². The average molecular weight is 265 g/mol. The van der Waals surface area contributed by atoms with Gasteiger partial charge in [0.1, 0.15) is 5.75 Å². The van der Waals surface area contributed by atoms with Crippen LogP contribution in [-0.4, -0.2) is 23.7 Å². The van der Waals surface area contributed by atoms with E-state index in [1.165, 1.54) is 0 Å². The predicted octanol–water partition coefficient (Wildman–Crippen LogP) is 2.42. The summed E-state index contributed by atoms with van der Waals surface area (Å²) in [6.45, 7) is 6.31. The van der Waals surface area contributed by atoms with Crippen LogP contribution in [0.25, 0.3) is 0 Å². The third kappa shape index (κ3) is 4.91. The van der Waals surface area contributed by atoms with Crippen LogP contribution in [0.5, 0.6) is 5.75 Å². The van der Waals surface area contributed by atoms with E-state index >= 15 is 0 Å². The number of nitrogens with one attached hydrogen (secondary N) is 1. The van der Waals surface area contributed by atoms with Crippen molar-refractivity contribution in [2.24, 2.45) is 0 Å². The van der Waals surface area contributed by atoms with E-state index in [1.807, 2.05) is 26.0 Å². The molecule has 0 bridgehead atoms. The standard InChI is InChI=1S/C15H23NO3/c1-4-10-16-15(18)11(3)19-13-8-6-12(7-9-13)14(17)5-2/h6-9,11,14,17H,4-5,10H2,1-3H3,(H,16,18)/t11?,14-/m0/s1. The molecule has 0 aliphatic carbocycles. The highest BCUT2D eigenvalue weighted by Gasteiger charge is 2.13. The van der Waals surface area contributed by atoms with Crippen LogP contribution in [0.3, 0.4) is 0 Å². The number of amides is 1. The summed E-state index contributed by atoms with van der Waals surface area (Å²) in [4.78, 5) is 11.7. The lowest BCUT2D eigenvalue weighted by atomic mass is 10.1. The molecule has 1 aromatic carbocycles. The van der Waals surface area contributed by atoms with Crippen LogP contribution in [0.2, 0.25) is 0 Å². The second-order valence-corrected chi connectivity index (χ2v) is 4.54. The molecule has 1 aromatic rings. The third-order valence-electron chi connectivity index (χ3n) is 2.88. The lowest BCUT2D eigenvalue weighted by Gasteiger charge is -2.15. The van der Waals surface area contributed by atoms with Crippen LogP contribution in [-0.2, 0) is 4.79 Å². The number of hydrogen-bond acceptors (Lipinski definition) is 3. The number of hydrogen-bond donors (Lipinski definition) is 2. The first-order valence-corrected chi connectivity index (χ1v) is 6.80. The Morgan fingerprint density at radius 3 is 2.47 bits per heavy atom. The van der Waals surface area contributed by atoms with Gasteiger partial charge in [0, 0.05) is 6.54 Å². The van der Waals surface area contributed by atoms with Gasteiger partial charge in [0.15, 0.2) is 6.10 Å². The summed E-state index contributed by atoms with van der Waals surface area (Å²) in [5.74, 6) is 0.519. The van der Waals surface area contributed by atoms with Crippen LogP contribution in [0, 0.1) is 0 Å². The topological polar surface area (TPSA) is 58.6 Å². The molecule has 0 saturated heterocycles. The molecule has 4 heteroatoms. The minimum Gasteiger partial charge on any atom is -0.481 e. The zero-order valence-corrected chi connectivity index (χ0v) is 11.8. The molecule has 1 unspecified atom stereocenters. The molecule has 0 spiro atoms. The maximum absolute atomic E-state index is 11.7. The van der Waals surface area contributed by atoms with E-state index in [0.29, 0.717) is 18.7 Å². The van der Waals surface area contributed by atoms with Crippen molar-refractivity contribution in [1.82, 2.24) is 5.32 Å². The fraction of sp³-hybridized carbons (Fsp3) is 0.533. The van der Waals surface area contributed by atoms with Crippen molar-refractivity contribution in [2.45, 2.75) is 45.8 Å². The Morgan fingerprint density at radius 1 is 1.32 bits per heavy atom. The third-order valence-corrected chi connectivity index (χ3v) is 2.88. The van der Waals surface area contributed by atoms with Gasteiger partial charge >= 0.3 is 0 Å². The summed E-state index contributed by atoms with van der Waals surface area (Å²) in [7, 11) is 0. The van der Waals surface area contributed by atoms with Gasteiger partial charge < -0.3 is 15.2 Å². The van der Waals surface area contributed by atoms with Gasteiger partial charge in [-0.05, 0) is 37.5 Å². The molecule has 1 amide bonds. The molecule has 0 aliphatic rings. The van der Waals surface area contributed by atoms with E-state index < -0.39 is 12.2 Å². The first kappa shape index (κ1) is 15.5. The van der Waals surface area contributed by atoms with Crippen molar-refractivity contribution < 1.29 is 14.6 Å². The highest BCUT2D eigenvalue weighted by Crippen LogP contribution is 2.20. The molecule has 0 heterocycles. The van der Waals surface area contributed by atoms with Gasteiger partial charge in [-0.1, -0.05) is 26.0 Å². The number of aliphatic hydroxyl groups excluding tert-OH is 1. The van der Waals surface area contributed by atoms with Gasteiger partial charge in [0.05, 0.1) is 6.10 Å². The van der Waals surface area contributed by atoms with Crippen LogP contribution < -0.4 is 10.1 Å². The first-order valence-electron chi connectivity index (χ1n) is 6.80. The van der Waals surface area contributed by atoms with E-state index in [0.717, 1.165) is 12.0 Å². The quantitative estimate of drug-likeness (QED) is 0.796. The zero-order chi connectivity index (χ0) is 14.3. The Balaban J connectivity index is 2.55. The molecule has 106 valence electrons. The highest BCUT2D eigenvalue weighted by molar-refractivity contribution is 5.80. The summed E-state index contributed by atoms with van der Waals surface area (Å²) in [6, 6.07) is 7.19. The van der Waals surface area contributed by atoms with Crippen molar-refractivity contribution in [3.8, 4) is 5.75 Å². The Morgan fingerprint density at radius 2 is 1.95 bits per heavy atom. The molecule has 2 N–H and O–H groups in total. The van der Waals surface area contributed by atoms with Gasteiger partial charge in [-0.2, -0.15) is 0 Å². The lowest BCUT2D eigenvalue weighted by Crippen LogP contribution is -2.36. The number of aliphatic hydroxyl groups is 1. The zero-order valence-electron chi connectivity index (χ0n) is 11.8. The number of carbonyl (C=O) groups is 1. The summed E-state index contributed by atoms with van der Waals surface area (Å²) in [5.41, 5.74) is 0.859. The first-order chi connectivity index (χ1) is 9.08. The number of carbonyl (C=O) groups excluding carboxylic acids is 1. The number of ether oxygens (including phenoxy) is 1. The molecule has 0 aliphatic heterocycles. The van der Waals surface area contributed by atoms with E-state index in [4.69, 9.17) is 4.74 Å². The summed E-state index contributed by atoms with van der Waals surface area (Å²) < 4.78 is 5.55. The molecule has 0 saturated carbocycles. The monoisotopic (exact) mass is 265 g/mol. The average Bonchev–Trinajstić information content (AvgIpc) is 2.44. The van der Waals surface area contributed by atoms with Gasteiger partial charge in [-0.15, -0.1) is 0 Å². The van der Waals surface area contributed by atoms with E-state index in [2.05, 4.69) is 5.32 Å². The van der Waals surface area contributed by atoms with Crippen molar-refractivity contribution >= 4 is 5.91 Å². The predicted molar refractivity (Wildman–Crippen MR) is 75.1 cm³/mol. The second-order valence-electron chi connectivity index (χ2n) is 4.54. The molecule has 0 aromatic heterocycles. The molecule has 4 nitrogen and oxygen atoms in total. The summed E-state index contributed by atoms with van der Waals surface area (Å²) in [6.07, 6.45) is 0.616. The minimum atomic E-state index is -0.520. The molecule has 0 fully saturated rings. The van der Waals surface area contributed by atoms with Gasteiger partial charge in [-0.3, -0.25) is 4.79 Å². The molecular weight excluding hydrogens is 242 g/mol. The van der Waals surface area contributed by atoms with Gasteiger partial charge in [0.25, 0.3) is 5.91 Å². The largest absolute Gasteiger partial charge is 0.481 e. The Bertz CT molecular complexity index is 389. The number of benzene rings is 1. The van der Waals surface area contributed by atoms with Crippen molar-refractivity contribution in [3.63, 3.8) is 0 Å². The summed E-state index contributed by atoms with van der Waals surface area (Å²) in [5, 5.41) is 12.5. The molecule has 0 radical (unpaired) electrons. The maximum atomic E-state index is 11.7. The van der Waals surface area contributed by atoms with Gasteiger partial charge in [0.2, 0.25) is 0 Å². The van der Waals surface area contributed by atoms with Crippen molar-refractivity contribution in [1.29, 1.82) is 0 Å². The van der Waals surface area contributed by atoms with Crippen molar-refractivity contribution in [2.75, 3.05) is 6.54 Å². The Kier molecular flexibility index (Phi) is 6.36. The maximum Gasteiger partial charge on any atom is 0.260 e. The highest BCUT2D eigenvalue weighted by atomic mass is 16.5. The molecule has 2 atom stereocenters. The van der Waals surface area contributed by atoms with Crippen LogP contribution in [0.15, 0.2) is 24.3 Å². The van der Waals surface area contributed by atoms with E-state index in [-0.39, 0.29) is 5.91 Å². The Hall–Kier alpha value is -1.55. The van der Waals surface area contributed by atoms with Crippen LogP contribution >= 0.6 is 0 Å². The fourth-order valence-electron chi connectivity index (χ4n) is 1.65. The van der Waals surface area contributed by atoms with Crippen LogP contribution in [0.1, 0.15) is 45.3 Å². The lowest BCUT2D eigenvalue weighted by molar-refractivity contribution is -0.127. The second kappa shape index (κ2) is 7.79. The smallest absolute Gasteiger partial charge is 0.260 e. The molecular formula is C15H23NO3. The Labute approximate surface area is 114 Å². The fourth-order valence-corrected chi connectivity index (χ4v) is 1.65. The van der Waals surface area contributed by atoms with Gasteiger partial charge in [-0.25, -0.2) is 0 Å². The van der Waals surface area contributed by atoms with E-state index in [1.54, 1.807) is 19.1 Å². The van der Waals surface area contributed by atoms with E-state index in [9.17, 15) is 9.90 Å². The minimum absolute atomic E-state index is 0.112. The SMILES string of the molecule is CCCNC(=O)C(C)Oc1ccc([C@@H](O)CC)cc1. The molecule has 19 heavy (non-hydrogen) atoms.